The lowest BCUT2D eigenvalue weighted by Gasteiger charge is -2.18. The van der Waals surface area contributed by atoms with Crippen molar-refractivity contribution in [1.82, 2.24) is 4.57 Å². The third-order valence-corrected chi connectivity index (χ3v) is 7.54. The van der Waals surface area contributed by atoms with Crippen LogP contribution in [-0.4, -0.2) is 10.8 Å². The molecule has 3 heterocycles. The van der Waals surface area contributed by atoms with Crippen LogP contribution in [-0.2, 0) is 0 Å². The number of para-hydroxylation sites is 2. The summed E-state index contributed by atoms with van der Waals surface area (Å²) in [4.78, 5) is 4.88. The predicted molar refractivity (Wildman–Crippen MR) is 145 cm³/mol. The molecule has 3 nitrogen and oxygen atoms in total. The van der Waals surface area contributed by atoms with E-state index in [1.807, 2.05) is 6.07 Å². The summed E-state index contributed by atoms with van der Waals surface area (Å²) in [7, 11) is 0. The van der Waals surface area contributed by atoms with Crippen LogP contribution in [0.5, 0.6) is 0 Å². The molecule has 0 saturated carbocycles. The zero-order chi connectivity index (χ0) is 22.8. The van der Waals surface area contributed by atoms with E-state index in [1.54, 1.807) is 0 Å². The largest absolute Gasteiger partial charge is 0.455 e. The van der Waals surface area contributed by atoms with E-state index in [-0.39, 0.29) is 0 Å². The van der Waals surface area contributed by atoms with Gasteiger partial charge in [0, 0.05) is 34.0 Å². The molecule has 7 rings (SSSR count). The first-order chi connectivity index (χ1) is 16.7. The van der Waals surface area contributed by atoms with Crippen molar-refractivity contribution in [3.05, 3.63) is 95.1 Å². The minimum atomic E-state index is 0.413. The zero-order valence-electron chi connectivity index (χ0n) is 18.6. The van der Waals surface area contributed by atoms with Crippen LogP contribution in [0.3, 0.4) is 0 Å². The Morgan fingerprint density at radius 2 is 1.65 bits per heavy atom. The van der Waals surface area contributed by atoms with Gasteiger partial charge >= 0.3 is 0 Å². The summed E-state index contributed by atoms with van der Waals surface area (Å²) < 4.78 is 9.48. The molecule has 0 fully saturated rings. The van der Waals surface area contributed by atoms with Gasteiger partial charge in [-0.2, -0.15) is 0 Å². The van der Waals surface area contributed by atoms with E-state index in [0.717, 1.165) is 38.5 Å². The van der Waals surface area contributed by atoms with Gasteiger partial charge in [-0.15, -0.1) is 0 Å². The lowest BCUT2D eigenvalue weighted by atomic mass is 9.98. The summed E-state index contributed by atoms with van der Waals surface area (Å²) in [5, 5.41) is 3.45. The first kappa shape index (κ1) is 19.8. The van der Waals surface area contributed by atoms with Gasteiger partial charge in [-0.05, 0) is 75.9 Å². The van der Waals surface area contributed by atoms with Crippen LogP contribution in [0.1, 0.15) is 25.0 Å². The topological polar surface area (TPSA) is 30.4 Å². The summed E-state index contributed by atoms with van der Waals surface area (Å²) in [6, 6.07) is 30.0. The second-order valence-corrected chi connectivity index (χ2v) is 9.87. The maximum Gasteiger partial charge on any atom is 0.149 e. The predicted octanol–water partition coefficient (Wildman–Crippen LogP) is 9.17. The van der Waals surface area contributed by atoms with Crippen molar-refractivity contribution in [2.75, 3.05) is 0 Å². The van der Waals surface area contributed by atoms with Gasteiger partial charge in [0.2, 0.25) is 0 Å². The Kier molecular flexibility index (Phi) is 4.33. The molecule has 164 valence electrons. The fraction of sp³-hybridized carbons (Fsp3) is 0.100. The van der Waals surface area contributed by atoms with Crippen LogP contribution in [0.25, 0.3) is 49.7 Å². The van der Waals surface area contributed by atoms with Crippen molar-refractivity contribution in [2.24, 2.45) is 4.99 Å². The van der Waals surface area contributed by atoms with Crippen LogP contribution in [0.2, 0.25) is 0 Å². The molecule has 4 aromatic carbocycles. The number of furan rings is 1. The molecule has 0 N–H and O–H groups in total. The van der Waals surface area contributed by atoms with Crippen LogP contribution in [0.4, 0.5) is 5.69 Å². The highest BCUT2D eigenvalue weighted by atomic mass is 79.9. The van der Waals surface area contributed by atoms with Crippen LogP contribution < -0.4 is 0 Å². The van der Waals surface area contributed by atoms with E-state index in [2.05, 4.69) is 112 Å². The average molecular weight is 505 g/mol. The third-order valence-electron chi connectivity index (χ3n) is 6.92. The molecular weight excluding hydrogens is 484 g/mol. The van der Waals surface area contributed by atoms with Crippen LogP contribution >= 0.6 is 15.9 Å². The highest BCUT2D eigenvalue weighted by Crippen LogP contribution is 2.44. The molecule has 1 aliphatic rings. The second kappa shape index (κ2) is 7.44. The molecule has 0 saturated heterocycles. The third kappa shape index (κ3) is 2.85. The molecule has 0 aliphatic carbocycles. The molecule has 0 bridgehead atoms. The number of aromatic nitrogens is 1. The Labute approximate surface area is 205 Å². The van der Waals surface area contributed by atoms with E-state index in [0.29, 0.717) is 5.92 Å². The molecule has 0 amide bonds. The van der Waals surface area contributed by atoms with Crippen molar-refractivity contribution in [3.63, 3.8) is 0 Å². The number of hydrogen-bond acceptors (Lipinski definition) is 2. The molecule has 0 spiro atoms. The standard InChI is InChI=1S/C30H21BrN2O/c1-18-14-15-32-28-24-17-19(10-12-26(24)33(29(18)28)21-6-3-2-4-7-21)20-11-13-27-23(16-20)22-8-5-9-25(31)30(22)34-27/h2-13,15-18H,14H2,1H3. The van der Waals surface area contributed by atoms with Crippen LogP contribution in [0.15, 0.2) is 98.8 Å². The van der Waals surface area contributed by atoms with Gasteiger partial charge in [-0.1, -0.05) is 49.4 Å². The first-order valence-electron chi connectivity index (χ1n) is 11.6. The molecule has 34 heavy (non-hydrogen) atoms. The van der Waals surface area contributed by atoms with Gasteiger partial charge < -0.3 is 8.98 Å². The summed E-state index contributed by atoms with van der Waals surface area (Å²) in [5.41, 5.74) is 8.92. The van der Waals surface area contributed by atoms with E-state index in [1.165, 1.54) is 33.4 Å². The highest BCUT2D eigenvalue weighted by molar-refractivity contribution is 9.10. The summed E-state index contributed by atoms with van der Waals surface area (Å²) in [5.74, 6) is 0.413. The maximum absolute atomic E-state index is 6.11. The smallest absolute Gasteiger partial charge is 0.149 e. The molecule has 6 aromatic rings. The maximum atomic E-state index is 6.11. The lowest BCUT2D eigenvalue weighted by molar-refractivity contribution is 0.667. The summed E-state index contributed by atoms with van der Waals surface area (Å²) in [6.45, 7) is 2.29. The van der Waals surface area contributed by atoms with Gasteiger partial charge in [0.05, 0.1) is 21.4 Å². The monoisotopic (exact) mass is 504 g/mol. The number of hydrogen-bond donors (Lipinski definition) is 0. The minimum Gasteiger partial charge on any atom is -0.455 e. The Morgan fingerprint density at radius 1 is 0.853 bits per heavy atom. The van der Waals surface area contributed by atoms with Gasteiger partial charge in [-0.25, -0.2) is 0 Å². The van der Waals surface area contributed by atoms with E-state index in [9.17, 15) is 0 Å². The number of halogens is 1. The molecule has 0 radical (unpaired) electrons. The number of rotatable bonds is 2. The Bertz CT molecular complexity index is 1760. The summed E-state index contributed by atoms with van der Waals surface area (Å²) in [6.07, 6.45) is 3.03. The molecule has 1 unspecified atom stereocenters. The Balaban J connectivity index is 1.47. The number of nitrogens with zero attached hydrogens (tertiary/aromatic N) is 2. The molecular formula is C30H21BrN2O. The van der Waals surface area contributed by atoms with Gasteiger partial charge in [0.1, 0.15) is 11.2 Å². The Morgan fingerprint density at radius 3 is 2.50 bits per heavy atom. The minimum absolute atomic E-state index is 0.413. The second-order valence-electron chi connectivity index (χ2n) is 9.01. The normalized spacial score (nSPS) is 15.4. The van der Waals surface area contributed by atoms with Crippen molar-refractivity contribution in [2.45, 2.75) is 19.3 Å². The van der Waals surface area contributed by atoms with Crippen LogP contribution in [0, 0.1) is 0 Å². The number of fused-ring (bicyclic) bond motifs is 6. The highest BCUT2D eigenvalue weighted by Gasteiger charge is 2.24. The van der Waals surface area contributed by atoms with Gasteiger partial charge in [-0.3, -0.25) is 4.99 Å². The number of benzene rings is 4. The lowest BCUT2D eigenvalue weighted by Crippen LogP contribution is -2.06. The van der Waals surface area contributed by atoms with Gasteiger partial charge in [0.25, 0.3) is 0 Å². The van der Waals surface area contributed by atoms with Crippen molar-refractivity contribution in [1.29, 1.82) is 0 Å². The summed E-state index contributed by atoms with van der Waals surface area (Å²) >= 11 is 3.62. The average Bonchev–Trinajstić information content (AvgIpc) is 3.41. The quantitative estimate of drug-likeness (QED) is 0.231. The van der Waals surface area contributed by atoms with Crippen molar-refractivity contribution in [3.8, 4) is 16.8 Å². The fourth-order valence-corrected chi connectivity index (χ4v) is 5.72. The fourth-order valence-electron chi connectivity index (χ4n) is 5.28. The Hall–Kier alpha value is -3.63. The number of aliphatic imine (C=N–C) groups is 1. The zero-order valence-corrected chi connectivity index (χ0v) is 20.2. The SMILES string of the molecule is CC1CC=Nc2c1n(-c1ccccc1)c1ccc(-c3ccc4oc5c(Br)cccc5c4c3)cc21. The van der Waals surface area contributed by atoms with E-state index < -0.39 is 0 Å². The van der Waals surface area contributed by atoms with Crippen molar-refractivity contribution >= 4 is 60.7 Å². The molecule has 4 heteroatoms. The van der Waals surface area contributed by atoms with E-state index >= 15 is 0 Å². The molecule has 1 aliphatic heterocycles. The van der Waals surface area contributed by atoms with Gasteiger partial charge in [0.15, 0.2) is 0 Å². The molecule has 2 aromatic heterocycles. The first-order valence-corrected chi connectivity index (χ1v) is 12.4. The van der Waals surface area contributed by atoms with E-state index in [4.69, 9.17) is 9.41 Å². The van der Waals surface area contributed by atoms with Crippen molar-refractivity contribution < 1.29 is 4.42 Å². The molecule has 1 atom stereocenters.